The highest BCUT2D eigenvalue weighted by Crippen LogP contribution is 2.12. The Bertz CT molecular complexity index is 101. The van der Waals surface area contributed by atoms with Crippen LogP contribution in [-0.4, -0.2) is 38.1 Å². The van der Waals surface area contributed by atoms with Crippen molar-refractivity contribution in [3.8, 4) is 0 Å². The maximum Gasteiger partial charge on any atom is 0.0197 e. The van der Waals surface area contributed by atoms with Gasteiger partial charge in [0.1, 0.15) is 0 Å². The van der Waals surface area contributed by atoms with Gasteiger partial charge in [0.05, 0.1) is 0 Å². The van der Waals surface area contributed by atoms with Crippen LogP contribution in [0.5, 0.6) is 0 Å². The van der Waals surface area contributed by atoms with Crippen LogP contribution in [0, 0.1) is 5.92 Å². The smallest absolute Gasteiger partial charge is 0.0197 e. The number of hydrogen-bond donors (Lipinski definition) is 1. The van der Waals surface area contributed by atoms with E-state index in [1.54, 1.807) is 0 Å². The van der Waals surface area contributed by atoms with Gasteiger partial charge in [0.15, 0.2) is 0 Å². The third-order valence-electron chi connectivity index (χ3n) is 2.03. The summed E-state index contributed by atoms with van der Waals surface area (Å²) in [5.41, 5.74) is 0. The highest BCUT2D eigenvalue weighted by molar-refractivity contribution is 4.80. The SMILES string of the molecule is CC1CNC(CN(C)C)C1. The quantitative estimate of drug-likeness (QED) is 0.605. The zero-order chi connectivity index (χ0) is 7.56. The molecule has 1 fully saturated rings. The van der Waals surface area contributed by atoms with Crippen molar-refractivity contribution < 1.29 is 0 Å². The maximum absolute atomic E-state index is 3.50. The first-order chi connectivity index (χ1) is 4.68. The fraction of sp³-hybridized carbons (Fsp3) is 1.00. The van der Waals surface area contributed by atoms with E-state index in [1.165, 1.54) is 19.5 Å². The molecule has 0 aromatic rings. The Labute approximate surface area is 63.6 Å². The predicted molar refractivity (Wildman–Crippen MR) is 44.1 cm³/mol. The summed E-state index contributed by atoms with van der Waals surface area (Å²) in [5, 5.41) is 3.50. The first kappa shape index (κ1) is 8.02. The topological polar surface area (TPSA) is 15.3 Å². The molecule has 0 aromatic carbocycles. The van der Waals surface area contributed by atoms with Gasteiger partial charge in [0.2, 0.25) is 0 Å². The minimum absolute atomic E-state index is 0.741. The number of nitrogens with one attached hydrogen (secondary N) is 1. The van der Waals surface area contributed by atoms with Crippen LogP contribution in [0.2, 0.25) is 0 Å². The molecule has 60 valence electrons. The van der Waals surface area contributed by atoms with Gasteiger partial charge in [-0.2, -0.15) is 0 Å². The monoisotopic (exact) mass is 142 g/mol. The Balaban J connectivity index is 2.18. The molecule has 1 N–H and O–H groups in total. The van der Waals surface area contributed by atoms with Crippen molar-refractivity contribution in [3.05, 3.63) is 0 Å². The third kappa shape index (κ3) is 2.27. The van der Waals surface area contributed by atoms with E-state index in [1.807, 2.05) is 0 Å². The van der Waals surface area contributed by atoms with E-state index in [-0.39, 0.29) is 0 Å². The van der Waals surface area contributed by atoms with Gasteiger partial charge >= 0.3 is 0 Å². The van der Waals surface area contributed by atoms with Gasteiger partial charge < -0.3 is 10.2 Å². The summed E-state index contributed by atoms with van der Waals surface area (Å²) in [5.74, 6) is 0.880. The van der Waals surface area contributed by atoms with Crippen molar-refractivity contribution >= 4 is 0 Å². The summed E-state index contributed by atoms with van der Waals surface area (Å²) in [4.78, 5) is 2.25. The Morgan fingerprint density at radius 3 is 2.60 bits per heavy atom. The molecule has 0 bridgehead atoms. The molecule has 2 atom stereocenters. The van der Waals surface area contributed by atoms with E-state index in [0.717, 1.165) is 12.0 Å². The molecule has 2 nitrogen and oxygen atoms in total. The van der Waals surface area contributed by atoms with Crippen LogP contribution in [0.4, 0.5) is 0 Å². The molecule has 10 heavy (non-hydrogen) atoms. The molecule has 2 heteroatoms. The van der Waals surface area contributed by atoms with E-state index >= 15 is 0 Å². The first-order valence-corrected chi connectivity index (χ1v) is 4.06. The molecule has 1 aliphatic rings. The molecule has 0 aromatic heterocycles. The number of rotatable bonds is 2. The van der Waals surface area contributed by atoms with Crippen molar-refractivity contribution in [2.45, 2.75) is 19.4 Å². The number of hydrogen-bond acceptors (Lipinski definition) is 2. The Morgan fingerprint density at radius 2 is 2.20 bits per heavy atom. The maximum atomic E-state index is 3.50. The van der Waals surface area contributed by atoms with Gasteiger partial charge in [-0.25, -0.2) is 0 Å². The van der Waals surface area contributed by atoms with Crippen LogP contribution in [-0.2, 0) is 0 Å². The first-order valence-electron chi connectivity index (χ1n) is 4.06. The van der Waals surface area contributed by atoms with Crippen molar-refractivity contribution in [1.82, 2.24) is 10.2 Å². The van der Waals surface area contributed by atoms with E-state index < -0.39 is 0 Å². The molecule has 1 rings (SSSR count). The van der Waals surface area contributed by atoms with Gasteiger partial charge in [0, 0.05) is 12.6 Å². The average Bonchev–Trinajstić information content (AvgIpc) is 2.13. The van der Waals surface area contributed by atoms with Crippen LogP contribution in [0.15, 0.2) is 0 Å². The van der Waals surface area contributed by atoms with E-state index in [2.05, 4.69) is 31.2 Å². The lowest BCUT2D eigenvalue weighted by atomic mass is 10.1. The van der Waals surface area contributed by atoms with Gasteiger partial charge in [0.25, 0.3) is 0 Å². The van der Waals surface area contributed by atoms with Crippen molar-refractivity contribution in [3.63, 3.8) is 0 Å². The fourth-order valence-corrected chi connectivity index (χ4v) is 1.60. The molecule has 0 radical (unpaired) electrons. The second-order valence-electron chi connectivity index (χ2n) is 3.71. The van der Waals surface area contributed by atoms with Gasteiger partial charge in [-0.3, -0.25) is 0 Å². The standard InChI is InChI=1S/C8H18N2/c1-7-4-8(9-5-7)6-10(2)3/h7-9H,4-6H2,1-3H3. The van der Waals surface area contributed by atoms with Crippen LogP contribution in [0.1, 0.15) is 13.3 Å². The molecule has 0 amide bonds. The van der Waals surface area contributed by atoms with Crippen molar-refractivity contribution in [1.29, 1.82) is 0 Å². The molecular formula is C8H18N2. The number of nitrogens with zero attached hydrogens (tertiary/aromatic N) is 1. The molecule has 1 aliphatic heterocycles. The zero-order valence-corrected chi connectivity index (χ0v) is 7.22. The Kier molecular flexibility index (Phi) is 2.69. The summed E-state index contributed by atoms with van der Waals surface area (Å²) in [6.45, 7) is 4.70. The Morgan fingerprint density at radius 1 is 1.50 bits per heavy atom. The lowest BCUT2D eigenvalue weighted by Gasteiger charge is -2.15. The second kappa shape index (κ2) is 3.35. The lowest BCUT2D eigenvalue weighted by molar-refractivity contribution is 0.354. The van der Waals surface area contributed by atoms with Crippen LogP contribution < -0.4 is 5.32 Å². The van der Waals surface area contributed by atoms with Crippen LogP contribution in [0.25, 0.3) is 0 Å². The number of likely N-dealkylation sites (N-methyl/N-ethyl adjacent to an activating group) is 1. The van der Waals surface area contributed by atoms with Crippen LogP contribution >= 0.6 is 0 Å². The zero-order valence-electron chi connectivity index (χ0n) is 7.22. The summed E-state index contributed by atoms with van der Waals surface area (Å²) in [6, 6.07) is 0.741. The average molecular weight is 142 g/mol. The molecule has 2 unspecified atom stereocenters. The fourth-order valence-electron chi connectivity index (χ4n) is 1.60. The highest BCUT2D eigenvalue weighted by atomic mass is 15.1. The summed E-state index contributed by atoms with van der Waals surface area (Å²) in [6.07, 6.45) is 1.35. The molecule has 0 aliphatic carbocycles. The van der Waals surface area contributed by atoms with E-state index in [9.17, 15) is 0 Å². The third-order valence-corrected chi connectivity index (χ3v) is 2.03. The van der Waals surface area contributed by atoms with Gasteiger partial charge in [-0.05, 0) is 33.0 Å². The molecule has 1 saturated heterocycles. The normalized spacial score (nSPS) is 33.6. The Hall–Kier alpha value is -0.0800. The minimum atomic E-state index is 0.741. The summed E-state index contributed by atoms with van der Waals surface area (Å²) in [7, 11) is 4.26. The summed E-state index contributed by atoms with van der Waals surface area (Å²) < 4.78 is 0. The van der Waals surface area contributed by atoms with E-state index in [0.29, 0.717) is 0 Å². The molecule has 1 heterocycles. The lowest BCUT2D eigenvalue weighted by Crippen LogP contribution is -2.33. The summed E-state index contributed by atoms with van der Waals surface area (Å²) >= 11 is 0. The van der Waals surface area contributed by atoms with Gasteiger partial charge in [-0.15, -0.1) is 0 Å². The molecule has 0 spiro atoms. The van der Waals surface area contributed by atoms with Crippen molar-refractivity contribution in [2.24, 2.45) is 5.92 Å². The van der Waals surface area contributed by atoms with Crippen molar-refractivity contribution in [2.75, 3.05) is 27.2 Å². The van der Waals surface area contributed by atoms with Gasteiger partial charge in [-0.1, -0.05) is 6.92 Å². The largest absolute Gasteiger partial charge is 0.312 e. The molecular weight excluding hydrogens is 124 g/mol. The van der Waals surface area contributed by atoms with E-state index in [4.69, 9.17) is 0 Å². The predicted octanol–water partition coefficient (Wildman–Crippen LogP) is 0.546. The minimum Gasteiger partial charge on any atom is -0.312 e. The molecule has 0 saturated carbocycles. The second-order valence-corrected chi connectivity index (χ2v) is 3.71. The van der Waals surface area contributed by atoms with Crippen LogP contribution in [0.3, 0.4) is 0 Å². The highest BCUT2D eigenvalue weighted by Gasteiger charge is 2.20.